The first kappa shape index (κ1) is 43.8. The van der Waals surface area contributed by atoms with Gasteiger partial charge in [-0.15, -0.1) is 0 Å². The Kier molecular flexibility index (Phi) is 27.6. The quantitative estimate of drug-likeness (QED) is 0.0314. The van der Waals surface area contributed by atoms with Gasteiger partial charge in [0, 0.05) is 13.0 Å². The first-order valence-electron chi connectivity index (χ1n) is 19.5. The zero-order chi connectivity index (χ0) is 34.5. The molecule has 0 aromatic heterocycles. The zero-order valence-electron chi connectivity index (χ0n) is 30.1. The summed E-state index contributed by atoms with van der Waals surface area (Å²) < 4.78 is 5.35. The van der Waals surface area contributed by atoms with E-state index >= 15 is 0 Å². The molecule has 0 saturated carbocycles. The Morgan fingerprint density at radius 3 is 1.55 bits per heavy atom. The van der Waals surface area contributed by atoms with Crippen LogP contribution in [0.1, 0.15) is 168 Å². The highest BCUT2D eigenvalue weighted by Crippen LogP contribution is 2.16. The van der Waals surface area contributed by atoms with Crippen molar-refractivity contribution in [1.82, 2.24) is 10.6 Å². The number of aliphatic hydroxyl groups excluding tert-OH is 5. The minimum absolute atomic E-state index is 0.0704. The molecular formula is C38H74N2O7. The minimum atomic E-state index is -1.33. The second-order valence-corrected chi connectivity index (χ2v) is 14.0. The van der Waals surface area contributed by atoms with Crippen molar-refractivity contribution in [3.63, 3.8) is 0 Å². The van der Waals surface area contributed by atoms with Gasteiger partial charge in [-0.25, -0.2) is 4.79 Å². The maximum absolute atomic E-state index is 12.5. The van der Waals surface area contributed by atoms with Gasteiger partial charge in [0.05, 0.1) is 30.9 Å². The summed E-state index contributed by atoms with van der Waals surface area (Å²) in [4.78, 5) is 12.5. The number of nitrogens with one attached hydrogen (secondary N) is 2. The summed E-state index contributed by atoms with van der Waals surface area (Å²) in [6.07, 6.45) is 26.5. The normalized spacial score (nSPS) is 21.4. The molecule has 1 amide bonds. The van der Waals surface area contributed by atoms with E-state index in [9.17, 15) is 30.3 Å². The molecule has 0 radical (unpaired) electrons. The summed E-state index contributed by atoms with van der Waals surface area (Å²) in [6, 6.07) is -1.45. The van der Waals surface area contributed by atoms with Gasteiger partial charge in [0.2, 0.25) is 0 Å². The molecule has 7 N–H and O–H groups in total. The molecule has 0 aliphatic heterocycles. The second-order valence-electron chi connectivity index (χ2n) is 14.0. The number of carbonyl (C=O) groups excluding carboxylic acids is 1. The molecule has 0 fully saturated rings. The summed E-state index contributed by atoms with van der Waals surface area (Å²) in [5.41, 5.74) is 0. The van der Waals surface area contributed by atoms with Crippen molar-refractivity contribution in [2.45, 2.75) is 211 Å². The summed E-state index contributed by atoms with van der Waals surface area (Å²) >= 11 is 0. The van der Waals surface area contributed by atoms with Crippen molar-refractivity contribution in [2.24, 2.45) is 0 Å². The predicted molar refractivity (Wildman–Crippen MR) is 191 cm³/mol. The van der Waals surface area contributed by atoms with Crippen LogP contribution in [0.3, 0.4) is 0 Å². The van der Waals surface area contributed by atoms with Crippen LogP contribution in [-0.4, -0.2) is 87.4 Å². The van der Waals surface area contributed by atoms with E-state index in [1.807, 2.05) is 6.92 Å². The van der Waals surface area contributed by atoms with E-state index in [0.717, 1.165) is 19.3 Å². The van der Waals surface area contributed by atoms with E-state index in [1.54, 1.807) is 6.08 Å². The lowest BCUT2D eigenvalue weighted by Crippen LogP contribution is -2.57. The average Bonchev–Trinajstić information content (AvgIpc) is 3.06. The molecule has 7 unspecified atom stereocenters. The lowest BCUT2D eigenvalue weighted by atomic mass is 9.93. The number of amides is 1. The molecule has 1 aliphatic carbocycles. The minimum Gasteiger partial charge on any atom is -0.450 e. The standard InChI is InChI=1S/C38H74N2O7/c1-3-5-6-7-8-9-10-11-12-13-14-15-16-17-18-19-20-21-22-23-24-25-28-47-38(46)40-33(35(43)29-31(41)4-2)30-39-32-26-27-34(42)37(45)36(32)44/h26-27,31-37,39,41-45H,3-25,28-30H2,1-2H3,(H,40,46). The lowest BCUT2D eigenvalue weighted by molar-refractivity contribution is -0.0572. The Morgan fingerprint density at radius 2 is 1.11 bits per heavy atom. The van der Waals surface area contributed by atoms with Crippen molar-refractivity contribution in [3.05, 3.63) is 12.2 Å². The lowest BCUT2D eigenvalue weighted by Gasteiger charge is -2.33. The molecule has 278 valence electrons. The molecule has 0 aromatic carbocycles. The van der Waals surface area contributed by atoms with Gasteiger partial charge in [-0.1, -0.05) is 161 Å². The molecule has 9 nitrogen and oxygen atoms in total. The van der Waals surface area contributed by atoms with Gasteiger partial charge >= 0.3 is 6.09 Å². The van der Waals surface area contributed by atoms with E-state index < -0.39 is 48.7 Å². The highest BCUT2D eigenvalue weighted by Gasteiger charge is 2.34. The fourth-order valence-electron chi connectivity index (χ4n) is 6.29. The van der Waals surface area contributed by atoms with E-state index in [2.05, 4.69) is 17.6 Å². The molecule has 7 atom stereocenters. The first-order valence-corrected chi connectivity index (χ1v) is 19.5. The van der Waals surface area contributed by atoms with Gasteiger partial charge in [0.15, 0.2) is 0 Å². The molecule has 0 spiro atoms. The van der Waals surface area contributed by atoms with Gasteiger partial charge in [0.25, 0.3) is 0 Å². The Morgan fingerprint density at radius 1 is 0.660 bits per heavy atom. The molecule has 47 heavy (non-hydrogen) atoms. The number of ether oxygens (including phenoxy) is 1. The Labute approximate surface area is 287 Å². The summed E-state index contributed by atoms with van der Waals surface area (Å²) in [7, 11) is 0. The number of rotatable bonds is 31. The van der Waals surface area contributed by atoms with E-state index in [4.69, 9.17) is 4.74 Å². The number of hydrogen-bond acceptors (Lipinski definition) is 8. The van der Waals surface area contributed by atoms with Gasteiger partial charge in [0.1, 0.15) is 18.3 Å². The largest absolute Gasteiger partial charge is 0.450 e. The third-order valence-electron chi connectivity index (χ3n) is 9.64. The smallest absolute Gasteiger partial charge is 0.407 e. The van der Waals surface area contributed by atoms with Crippen LogP contribution < -0.4 is 10.6 Å². The Hall–Kier alpha value is -1.23. The molecule has 1 rings (SSSR count). The van der Waals surface area contributed by atoms with Gasteiger partial charge in [-0.05, 0) is 12.8 Å². The van der Waals surface area contributed by atoms with E-state index in [0.29, 0.717) is 13.0 Å². The van der Waals surface area contributed by atoms with Crippen LogP contribution in [0.15, 0.2) is 12.2 Å². The predicted octanol–water partition coefficient (Wildman–Crippen LogP) is 6.82. The monoisotopic (exact) mass is 671 g/mol. The number of hydrogen-bond donors (Lipinski definition) is 7. The van der Waals surface area contributed by atoms with Crippen molar-refractivity contribution in [2.75, 3.05) is 13.2 Å². The third-order valence-corrected chi connectivity index (χ3v) is 9.64. The fraction of sp³-hybridized carbons (Fsp3) is 0.921. The van der Waals surface area contributed by atoms with Crippen LogP contribution in [0.4, 0.5) is 4.79 Å². The number of carbonyl (C=O) groups is 1. The summed E-state index contributed by atoms with van der Waals surface area (Å²) in [6.45, 7) is 4.46. The second kappa shape index (κ2) is 29.7. The van der Waals surface area contributed by atoms with Crippen LogP contribution >= 0.6 is 0 Å². The van der Waals surface area contributed by atoms with Crippen LogP contribution in [0.2, 0.25) is 0 Å². The fourth-order valence-corrected chi connectivity index (χ4v) is 6.29. The first-order chi connectivity index (χ1) is 22.8. The number of alkyl carbamates (subject to hydrolysis) is 1. The van der Waals surface area contributed by atoms with Crippen LogP contribution in [0.25, 0.3) is 0 Å². The Balaban J connectivity index is 2.03. The van der Waals surface area contributed by atoms with Crippen molar-refractivity contribution in [1.29, 1.82) is 0 Å². The molecular weight excluding hydrogens is 596 g/mol. The van der Waals surface area contributed by atoms with E-state index in [1.165, 1.54) is 128 Å². The topological polar surface area (TPSA) is 152 Å². The van der Waals surface area contributed by atoms with Gasteiger partial charge in [-0.2, -0.15) is 0 Å². The summed E-state index contributed by atoms with van der Waals surface area (Å²) in [5.74, 6) is 0. The van der Waals surface area contributed by atoms with Crippen molar-refractivity contribution < 1.29 is 35.1 Å². The third kappa shape index (κ3) is 22.9. The Bertz CT molecular complexity index is 756. The maximum Gasteiger partial charge on any atom is 0.407 e. The summed E-state index contributed by atoms with van der Waals surface area (Å²) in [5, 5.41) is 56.2. The van der Waals surface area contributed by atoms with Gasteiger partial charge < -0.3 is 40.9 Å². The maximum atomic E-state index is 12.5. The molecule has 9 heteroatoms. The molecule has 0 aromatic rings. The van der Waals surface area contributed by atoms with Crippen molar-refractivity contribution in [3.8, 4) is 0 Å². The van der Waals surface area contributed by atoms with Crippen LogP contribution in [-0.2, 0) is 4.74 Å². The molecule has 1 aliphatic rings. The highest BCUT2D eigenvalue weighted by atomic mass is 16.5. The molecule has 0 bridgehead atoms. The van der Waals surface area contributed by atoms with Crippen LogP contribution in [0, 0.1) is 0 Å². The molecule has 0 heterocycles. The zero-order valence-corrected chi connectivity index (χ0v) is 30.1. The SMILES string of the molecule is CCCCCCCCCCCCCCCCCCCCCCCCOC(=O)NC(CNC1C=CC(O)C(O)C1O)C(O)CC(O)CC. The average molecular weight is 671 g/mol. The highest BCUT2D eigenvalue weighted by molar-refractivity contribution is 5.67. The van der Waals surface area contributed by atoms with Crippen LogP contribution in [0.5, 0.6) is 0 Å². The van der Waals surface area contributed by atoms with Gasteiger partial charge in [-0.3, -0.25) is 0 Å². The number of aliphatic hydroxyl groups is 5. The van der Waals surface area contributed by atoms with E-state index in [-0.39, 0.29) is 13.0 Å². The van der Waals surface area contributed by atoms with Crippen molar-refractivity contribution >= 4 is 6.09 Å². The molecule has 0 saturated heterocycles. The number of unbranched alkanes of at least 4 members (excludes halogenated alkanes) is 21.